The highest BCUT2D eigenvalue weighted by Gasteiger charge is 2.04. The number of nitrogens with one attached hydrogen (secondary N) is 2. The van der Waals surface area contributed by atoms with Crippen LogP contribution in [-0.2, 0) is 6.54 Å². The Morgan fingerprint density at radius 3 is 2.67 bits per heavy atom. The molecule has 0 unspecified atom stereocenters. The molecule has 0 aliphatic carbocycles. The maximum Gasteiger partial charge on any atom is 0.0659 e. The van der Waals surface area contributed by atoms with Gasteiger partial charge in [-0.25, -0.2) is 0 Å². The second kappa shape index (κ2) is 5.83. The van der Waals surface area contributed by atoms with Gasteiger partial charge >= 0.3 is 0 Å². The first-order valence-corrected chi connectivity index (χ1v) is 5.63. The molecular formula is C12H18N2S. The fourth-order valence-electron chi connectivity index (χ4n) is 1.51. The van der Waals surface area contributed by atoms with Gasteiger partial charge in [-0.05, 0) is 30.2 Å². The van der Waals surface area contributed by atoms with Gasteiger partial charge in [0.15, 0.2) is 0 Å². The molecule has 0 heterocycles. The van der Waals surface area contributed by atoms with E-state index in [0.29, 0.717) is 5.92 Å². The molecule has 15 heavy (non-hydrogen) atoms. The zero-order valence-electron chi connectivity index (χ0n) is 9.50. The van der Waals surface area contributed by atoms with Gasteiger partial charge in [0.25, 0.3) is 0 Å². The van der Waals surface area contributed by atoms with E-state index in [1.54, 1.807) is 5.49 Å². The van der Waals surface area contributed by atoms with Crippen molar-refractivity contribution in [2.45, 2.75) is 26.3 Å². The lowest BCUT2D eigenvalue weighted by Gasteiger charge is -2.12. The third kappa shape index (κ3) is 3.29. The van der Waals surface area contributed by atoms with Crippen LogP contribution in [0.1, 0.15) is 30.9 Å². The molecule has 0 atom stereocenters. The van der Waals surface area contributed by atoms with E-state index in [1.807, 2.05) is 7.05 Å². The van der Waals surface area contributed by atoms with E-state index in [9.17, 15) is 0 Å². The minimum Gasteiger partial charge on any atom is -0.352 e. The molecule has 0 radical (unpaired) electrons. The summed E-state index contributed by atoms with van der Waals surface area (Å²) in [6.07, 6.45) is 0. The molecule has 1 rings (SSSR count). The van der Waals surface area contributed by atoms with Crippen LogP contribution in [0, 0.1) is 0 Å². The summed E-state index contributed by atoms with van der Waals surface area (Å²) in [7, 11) is 1.95. The standard InChI is InChI=1S/C12H18N2S/c1-9(2)10-4-5-12(14-8-15)11(6-10)7-13-3/h4-6,8-9,13H,7H2,1-3H3,(H,14,15). The molecule has 2 nitrogen and oxygen atoms in total. The molecule has 0 spiro atoms. The first-order valence-electron chi connectivity index (χ1n) is 5.16. The molecule has 0 aromatic heterocycles. The first kappa shape index (κ1) is 12.1. The van der Waals surface area contributed by atoms with Crippen LogP contribution in [-0.4, -0.2) is 12.5 Å². The number of hydrogen-bond donors (Lipinski definition) is 2. The van der Waals surface area contributed by atoms with Crippen molar-refractivity contribution in [3.8, 4) is 0 Å². The lowest BCUT2D eigenvalue weighted by Crippen LogP contribution is -2.09. The second-order valence-corrected chi connectivity index (χ2v) is 4.10. The van der Waals surface area contributed by atoms with Crippen molar-refractivity contribution in [3.05, 3.63) is 29.3 Å². The van der Waals surface area contributed by atoms with Crippen LogP contribution in [0.2, 0.25) is 0 Å². The van der Waals surface area contributed by atoms with E-state index in [4.69, 9.17) is 12.2 Å². The molecule has 2 N–H and O–H groups in total. The minimum atomic E-state index is 0.558. The average Bonchev–Trinajstić information content (AvgIpc) is 2.21. The summed E-state index contributed by atoms with van der Waals surface area (Å²) >= 11 is 4.81. The second-order valence-electron chi connectivity index (χ2n) is 3.86. The fraction of sp³-hybridized carbons (Fsp3) is 0.417. The van der Waals surface area contributed by atoms with Crippen molar-refractivity contribution in [2.24, 2.45) is 0 Å². The smallest absolute Gasteiger partial charge is 0.0659 e. The molecule has 0 bridgehead atoms. The predicted molar refractivity (Wildman–Crippen MR) is 70.6 cm³/mol. The third-order valence-corrected chi connectivity index (χ3v) is 2.50. The Hall–Kier alpha value is -0.930. The minimum absolute atomic E-state index is 0.558. The van der Waals surface area contributed by atoms with Gasteiger partial charge in [0, 0.05) is 12.2 Å². The summed E-state index contributed by atoms with van der Waals surface area (Å²) in [5.74, 6) is 0.558. The normalized spacial score (nSPS) is 10.4. The van der Waals surface area contributed by atoms with Crippen LogP contribution in [0.5, 0.6) is 0 Å². The molecule has 0 aliphatic heterocycles. The van der Waals surface area contributed by atoms with Crippen LogP contribution in [0.15, 0.2) is 18.2 Å². The maximum absolute atomic E-state index is 4.81. The molecule has 82 valence electrons. The monoisotopic (exact) mass is 222 g/mol. The summed E-state index contributed by atoms with van der Waals surface area (Å²) in [6, 6.07) is 6.46. The van der Waals surface area contributed by atoms with E-state index in [1.165, 1.54) is 11.1 Å². The zero-order valence-corrected chi connectivity index (χ0v) is 10.3. The van der Waals surface area contributed by atoms with Crippen molar-refractivity contribution in [1.29, 1.82) is 0 Å². The lowest BCUT2D eigenvalue weighted by atomic mass is 9.99. The van der Waals surface area contributed by atoms with E-state index in [-0.39, 0.29) is 0 Å². The molecule has 0 fully saturated rings. The summed E-state index contributed by atoms with van der Waals surface area (Å²) in [4.78, 5) is 0. The number of hydrogen-bond acceptors (Lipinski definition) is 2. The molecule has 0 amide bonds. The van der Waals surface area contributed by atoms with Gasteiger partial charge < -0.3 is 10.6 Å². The lowest BCUT2D eigenvalue weighted by molar-refractivity contribution is 0.809. The van der Waals surface area contributed by atoms with E-state index in [0.717, 1.165) is 12.2 Å². The van der Waals surface area contributed by atoms with Crippen LogP contribution in [0.3, 0.4) is 0 Å². The maximum atomic E-state index is 4.81. The van der Waals surface area contributed by atoms with Crippen molar-refractivity contribution >= 4 is 23.4 Å². The quantitative estimate of drug-likeness (QED) is 0.749. The van der Waals surface area contributed by atoms with Crippen LogP contribution in [0.4, 0.5) is 5.69 Å². The Morgan fingerprint density at radius 2 is 2.13 bits per heavy atom. The van der Waals surface area contributed by atoms with Crippen molar-refractivity contribution in [3.63, 3.8) is 0 Å². The molecule has 3 heteroatoms. The van der Waals surface area contributed by atoms with Gasteiger partial charge in [-0.1, -0.05) is 38.2 Å². The fourth-order valence-corrected chi connectivity index (χ4v) is 1.64. The molecule has 0 aliphatic rings. The molecule has 1 aromatic carbocycles. The highest BCUT2D eigenvalue weighted by atomic mass is 32.1. The summed E-state index contributed by atoms with van der Waals surface area (Å²) in [5, 5.41) is 6.24. The van der Waals surface area contributed by atoms with Crippen LogP contribution >= 0.6 is 12.2 Å². The number of rotatable bonds is 5. The van der Waals surface area contributed by atoms with Gasteiger partial charge in [-0.15, -0.1) is 0 Å². The molecule has 0 saturated heterocycles. The topological polar surface area (TPSA) is 24.1 Å². The van der Waals surface area contributed by atoms with Gasteiger partial charge in [0.1, 0.15) is 0 Å². The first-order chi connectivity index (χ1) is 7.19. The van der Waals surface area contributed by atoms with Gasteiger partial charge in [0.2, 0.25) is 0 Å². The third-order valence-electron chi connectivity index (χ3n) is 2.38. The summed E-state index contributed by atoms with van der Waals surface area (Å²) in [6.45, 7) is 5.25. The summed E-state index contributed by atoms with van der Waals surface area (Å²) < 4.78 is 0. The Labute approximate surface area is 97.1 Å². The van der Waals surface area contributed by atoms with Crippen molar-refractivity contribution < 1.29 is 0 Å². The SMILES string of the molecule is CNCc1cc(C(C)C)ccc1NC=S. The predicted octanol–water partition coefficient (Wildman–Crippen LogP) is 2.90. The average molecular weight is 222 g/mol. The van der Waals surface area contributed by atoms with Gasteiger partial charge in [-0.2, -0.15) is 0 Å². The number of thiocarbonyl (C=S) groups is 1. The Bertz CT molecular complexity index is 334. The van der Waals surface area contributed by atoms with Crippen molar-refractivity contribution in [2.75, 3.05) is 12.4 Å². The Balaban J connectivity index is 3.02. The van der Waals surface area contributed by atoms with Gasteiger partial charge in [-0.3, -0.25) is 0 Å². The van der Waals surface area contributed by atoms with Crippen LogP contribution in [0.25, 0.3) is 0 Å². The number of anilines is 1. The molecule has 0 saturated carbocycles. The summed E-state index contributed by atoms with van der Waals surface area (Å²) in [5.41, 5.74) is 5.24. The largest absolute Gasteiger partial charge is 0.352 e. The Morgan fingerprint density at radius 1 is 1.40 bits per heavy atom. The number of benzene rings is 1. The highest BCUT2D eigenvalue weighted by Crippen LogP contribution is 2.22. The van der Waals surface area contributed by atoms with E-state index in [2.05, 4.69) is 42.7 Å². The highest BCUT2D eigenvalue weighted by molar-refractivity contribution is 7.79. The Kier molecular flexibility index (Phi) is 4.72. The zero-order chi connectivity index (χ0) is 11.3. The van der Waals surface area contributed by atoms with E-state index < -0.39 is 0 Å². The van der Waals surface area contributed by atoms with Crippen molar-refractivity contribution in [1.82, 2.24) is 5.32 Å². The van der Waals surface area contributed by atoms with E-state index >= 15 is 0 Å². The van der Waals surface area contributed by atoms with Crippen LogP contribution < -0.4 is 10.6 Å². The molecule has 1 aromatic rings. The van der Waals surface area contributed by atoms with Gasteiger partial charge in [0.05, 0.1) is 5.49 Å². The molecular weight excluding hydrogens is 204 g/mol.